The second kappa shape index (κ2) is 7.27. The number of amides is 2. The van der Waals surface area contributed by atoms with Crippen LogP contribution >= 0.6 is 0 Å². The maximum absolute atomic E-state index is 12.7. The van der Waals surface area contributed by atoms with Crippen molar-refractivity contribution in [3.05, 3.63) is 71.9 Å². The zero-order valence-corrected chi connectivity index (χ0v) is 13.5. The molecule has 2 amide bonds. The molecule has 0 aliphatic heterocycles. The van der Waals surface area contributed by atoms with Crippen molar-refractivity contribution in [1.29, 1.82) is 5.26 Å². The van der Waals surface area contributed by atoms with E-state index in [0.29, 0.717) is 17.0 Å². The van der Waals surface area contributed by atoms with Crippen LogP contribution in [-0.2, 0) is 6.54 Å². The Kier molecular flexibility index (Phi) is 4.72. The molecular formula is C18H15N5O2. The number of hydrogen-bond donors (Lipinski definition) is 1. The van der Waals surface area contributed by atoms with Gasteiger partial charge in [0.25, 0.3) is 0 Å². The first-order valence-electron chi connectivity index (χ1n) is 7.57. The van der Waals surface area contributed by atoms with Crippen molar-refractivity contribution < 1.29 is 9.21 Å². The van der Waals surface area contributed by atoms with Crippen LogP contribution in [0.25, 0.3) is 0 Å². The highest BCUT2D eigenvalue weighted by atomic mass is 16.3. The van der Waals surface area contributed by atoms with Crippen molar-refractivity contribution >= 4 is 17.7 Å². The van der Waals surface area contributed by atoms with E-state index in [2.05, 4.69) is 15.3 Å². The Morgan fingerprint density at radius 3 is 2.52 bits per heavy atom. The molecule has 7 nitrogen and oxygen atoms in total. The number of nitrogens with one attached hydrogen (secondary N) is 1. The van der Waals surface area contributed by atoms with E-state index in [-0.39, 0.29) is 12.5 Å². The van der Waals surface area contributed by atoms with Crippen molar-refractivity contribution in [1.82, 2.24) is 9.97 Å². The predicted octanol–water partition coefficient (Wildman–Crippen LogP) is 3.49. The third-order valence-electron chi connectivity index (χ3n) is 3.41. The van der Waals surface area contributed by atoms with Crippen molar-refractivity contribution in [3.63, 3.8) is 0 Å². The average molecular weight is 333 g/mol. The Balaban J connectivity index is 1.82. The molecule has 25 heavy (non-hydrogen) atoms. The lowest BCUT2D eigenvalue weighted by atomic mass is 10.2. The molecule has 3 rings (SSSR count). The standard InChI is InChI=1S/C18H15N5O2/c1-13-3-8-16(25-13)12-23(17-20-9-2-10-21-17)18(24)22-15-6-4-14(11-19)5-7-15/h2-10H,12H2,1H3,(H,22,24). The first-order chi connectivity index (χ1) is 12.2. The third-order valence-corrected chi connectivity index (χ3v) is 3.41. The summed E-state index contributed by atoms with van der Waals surface area (Å²) in [5.41, 5.74) is 1.09. The van der Waals surface area contributed by atoms with Crippen LogP contribution in [0.5, 0.6) is 0 Å². The van der Waals surface area contributed by atoms with Gasteiger partial charge in [0.05, 0.1) is 18.2 Å². The predicted molar refractivity (Wildman–Crippen MR) is 91.8 cm³/mol. The summed E-state index contributed by atoms with van der Waals surface area (Å²) in [6, 6.07) is 13.5. The summed E-state index contributed by atoms with van der Waals surface area (Å²) >= 11 is 0. The maximum atomic E-state index is 12.7. The van der Waals surface area contributed by atoms with E-state index < -0.39 is 6.03 Å². The van der Waals surface area contributed by atoms with Gasteiger partial charge in [-0.2, -0.15) is 5.26 Å². The van der Waals surface area contributed by atoms with E-state index in [0.717, 1.165) is 5.76 Å². The summed E-state index contributed by atoms with van der Waals surface area (Å²) in [4.78, 5) is 22.4. The fourth-order valence-corrected chi connectivity index (χ4v) is 2.21. The zero-order chi connectivity index (χ0) is 17.6. The minimum Gasteiger partial charge on any atom is -0.464 e. The van der Waals surface area contributed by atoms with Gasteiger partial charge in [0.1, 0.15) is 11.5 Å². The van der Waals surface area contributed by atoms with Gasteiger partial charge in [-0.05, 0) is 49.4 Å². The molecule has 0 radical (unpaired) electrons. The minimum absolute atomic E-state index is 0.194. The molecule has 0 aliphatic rings. The van der Waals surface area contributed by atoms with Gasteiger partial charge in [0.15, 0.2) is 0 Å². The summed E-state index contributed by atoms with van der Waals surface area (Å²) < 4.78 is 5.55. The van der Waals surface area contributed by atoms with Crippen molar-refractivity contribution in [2.45, 2.75) is 13.5 Å². The molecule has 0 saturated heterocycles. The summed E-state index contributed by atoms with van der Waals surface area (Å²) in [7, 11) is 0. The average Bonchev–Trinajstić information content (AvgIpc) is 3.06. The van der Waals surface area contributed by atoms with Gasteiger partial charge in [0, 0.05) is 18.1 Å². The summed E-state index contributed by atoms with van der Waals surface area (Å²) in [6.07, 6.45) is 3.13. The third kappa shape index (κ3) is 4.00. The van der Waals surface area contributed by atoms with Crippen molar-refractivity contribution in [3.8, 4) is 6.07 Å². The van der Waals surface area contributed by atoms with Crippen LogP contribution in [0.1, 0.15) is 17.1 Å². The maximum Gasteiger partial charge on any atom is 0.329 e. The van der Waals surface area contributed by atoms with Crippen LogP contribution in [0.3, 0.4) is 0 Å². The molecule has 0 aliphatic carbocycles. The monoisotopic (exact) mass is 333 g/mol. The molecule has 0 unspecified atom stereocenters. The van der Waals surface area contributed by atoms with Crippen LogP contribution in [0.4, 0.5) is 16.4 Å². The van der Waals surface area contributed by atoms with E-state index in [9.17, 15) is 4.79 Å². The van der Waals surface area contributed by atoms with E-state index in [4.69, 9.17) is 9.68 Å². The molecule has 0 saturated carbocycles. The number of urea groups is 1. The number of anilines is 2. The molecule has 1 aromatic carbocycles. The smallest absolute Gasteiger partial charge is 0.329 e. The van der Waals surface area contributed by atoms with Gasteiger partial charge in [-0.1, -0.05) is 0 Å². The van der Waals surface area contributed by atoms with Crippen LogP contribution in [0, 0.1) is 18.3 Å². The first kappa shape index (κ1) is 16.2. The highest BCUT2D eigenvalue weighted by molar-refractivity contribution is 6.00. The van der Waals surface area contributed by atoms with Crippen LogP contribution in [0.2, 0.25) is 0 Å². The van der Waals surface area contributed by atoms with Crippen LogP contribution in [0.15, 0.2) is 59.3 Å². The number of hydrogen-bond acceptors (Lipinski definition) is 5. The number of nitriles is 1. The normalized spacial score (nSPS) is 10.1. The summed E-state index contributed by atoms with van der Waals surface area (Å²) in [6.45, 7) is 2.03. The molecule has 1 N–H and O–H groups in total. The van der Waals surface area contributed by atoms with E-state index in [1.165, 1.54) is 4.90 Å². The highest BCUT2D eigenvalue weighted by Gasteiger charge is 2.20. The Hall–Kier alpha value is -3.66. The molecule has 124 valence electrons. The Labute approximate surface area is 144 Å². The number of aryl methyl sites for hydroxylation is 1. The molecule has 0 bridgehead atoms. The lowest BCUT2D eigenvalue weighted by Crippen LogP contribution is -2.35. The number of carbonyl (C=O) groups is 1. The largest absolute Gasteiger partial charge is 0.464 e. The quantitative estimate of drug-likeness (QED) is 0.788. The first-order valence-corrected chi connectivity index (χ1v) is 7.57. The van der Waals surface area contributed by atoms with Gasteiger partial charge < -0.3 is 9.73 Å². The van der Waals surface area contributed by atoms with Crippen molar-refractivity contribution in [2.24, 2.45) is 0 Å². The second-order valence-electron chi connectivity index (χ2n) is 5.27. The Morgan fingerprint density at radius 1 is 1.20 bits per heavy atom. The van der Waals surface area contributed by atoms with Gasteiger partial charge in [-0.3, -0.25) is 4.90 Å². The lowest BCUT2D eigenvalue weighted by Gasteiger charge is -2.20. The number of rotatable bonds is 4. The van der Waals surface area contributed by atoms with Crippen LogP contribution in [-0.4, -0.2) is 16.0 Å². The molecule has 0 spiro atoms. The van der Waals surface area contributed by atoms with Gasteiger partial charge >= 0.3 is 6.03 Å². The molecule has 7 heteroatoms. The highest BCUT2D eigenvalue weighted by Crippen LogP contribution is 2.17. The minimum atomic E-state index is -0.398. The Bertz CT molecular complexity index is 897. The van der Waals surface area contributed by atoms with E-state index in [1.54, 1.807) is 48.8 Å². The molecule has 2 aromatic heterocycles. The van der Waals surface area contributed by atoms with E-state index in [1.807, 2.05) is 19.1 Å². The SMILES string of the molecule is Cc1ccc(CN(C(=O)Nc2ccc(C#N)cc2)c2ncccn2)o1. The van der Waals surface area contributed by atoms with Gasteiger partial charge in [0.2, 0.25) is 5.95 Å². The van der Waals surface area contributed by atoms with Crippen LogP contribution < -0.4 is 10.2 Å². The summed E-state index contributed by atoms with van der Waals surface area (Å²) in [5, 5.41) is 11.6. The molecule has 2 heterocycles. The van der Waals surface area contributed by atoms with Gasteiger partial charge in [-0.25, -0.2) is 14.8 Å². The fraction of sp³-hybridized carbons (Fsp3) is 0.111. The second-order valence-corrected chi connectivity index (χ2v) is 5.27. The molecule has 3 aromatic rings. The zero-order valence-electron chi connectivity index (χ0n) is 13.5. The topological polar surface area (TPSA) is 95.1 Å². The number of nitrogens with zero attached hydrogens (tertiary/aromatic N) is 4. The fourth-order valence-electron chi connectivity index (χ4n) is 2.21. The summed E-state index contributed by atoms with van der Waals surface area (Å²) in [5.74, 6) is 1.65. The number of benzene rings is 1. The Morgan fingerprint density at radius 2 is 1.92 bits per heavy atom. The lowest BCUT2D eigenvalue weighted by molar-refractivity contribution is 0.255. The molecular weight excluding hydrogens is 318 g/mol. The number of aromatic nitrogens is 2. The van der Waals surface area contributed by atoms with Crippen molar-refractivity contribution in [2.75, 3.05) is 10.2 Å². The number of carbonyl (C=O) groups excluding carboxylic acids is 1. The molecule has 0 atom stereocenters. The van der Waals surface area contributed by atoms with Gasteiger partial charge in [-0.15, -0.1) is 0 Å². The number of furan rings is 1. The molecule has 0 fully saturated rings. The van der Waals surface area contributed by atoms with E-state index >= 15 is 0 Å².